The van der Waals surface area contributed by atoms with Crippen LogP contribution in [0.4, 0.5) is 13.2 Å². The van der Waals surface area contributed by atoms with Crippen LogP contribution in [-0.4, -0.2) is 22.2 Å². The number of fused-ring (bicyclic) bond motifs is 1. The molecule has 0 aliphatic carbocycles. The summed E-state index contributed by atoms with van der Waals surface area (Å²) in [6, 6.07) is 8.88. The van der Waals surface area contributed by atoms with Crippen molar-refractivity contribution in [1.29, 1.82) is 0 Å². The van der Waals surface area contributed by atoms with E-state index in [-0.39, 0.29) is 24.0 Å². The third-order valence-electron chi connectivity index (χ3n) is 3.80. The molecule has 0 unspecified atom stereocenters. The molecule has 3 aromatic rings. The summed E-state index contributed by atoms with van der Waals surface area (Å²) in [5.41, 5.74) is 0.452. The molecule has 0 atom stereocenters. The predicted molar refractivity (Wildman–Crippen MR) is 91.4 cm³/mol. The van der Waals surface area contributed by atoms with E-state index in [9.17, 15) is 18.0 Å². The van der Waals surface area contributed by atoms with Gasteiger partial charge in [0.1, 0.15) is 12.0 Å². The van der Waals surface area contributed by atoms with Crippen LogP contribution in [-0.2, 0) is 12.7 Å². The lowest BCUT2D eigenvalue weighted by molar-refractivity contribution is -0.138. The van der Waals surface area contributed by atoms with E-state index < -0.39 is 11.7 Å². The third-order valence-corrected chi connectivity index (χ3v) is 3.80. The van der Waals surface area contributed by atoms with Crippen LogP contribution in [0.15, 0.2) is 42.6 Å². The van der Waals surface area contributed by atoms with Gasteiger partial charge in [-0.15, -0.1) is 0 Å². The lowest BCUT2D eigenvalue weighted by Gasteiger charge is -2.16. The topological polar surface area (TPSA) is 44.1 Å². The Morgan fingerprint density at radius 2 is 1.96 bits per heavy atom. The van der Waals surface area contributed by atoms with Crippen LogP contribution in [0.5, 0.6) is 5.75 Å². The molecule has 26 heavy (non-hydrogen) atoms. The van der Waals surface area contributed by atoms with Crippen molar-refractivity contribution >= 4 is 17.2 Å². The molecule has 4 nitrogen and oxygen atoms in total. The van der Waals surface area contributed by atoms with E-state index in [0.717, 1.165) is 6.07 Å². The predicted octanol–water partition coefficient (Wildman–Crippen LogP) is 4.70. The summed E-state index contributed by atoms with van der Waals surface area (Å²) in [7, 11) is 0. The highest BCUT2D eigenvalue weighted by Gasteiger charge is 2.34. The molecule has 0 saturated carbocycles. The molecule has 1 heterocycles. The molecule has 136 valence electrons. The number of carbonyl (C=O) groups excluding carboxylic acids is 1. The monoisotopic (exact) mass is 362 g/mol. The molecule has 0 N–H and O–H groups in total. The van der Waals surface area contributed by atoms with Gasteiger partial charge in [-0.25, -0.2) is 0 Å². The Bertz CT molecular complexity index is 946. The molecule has 0 aliphatic rings. The third kappa shape index (κ3) is 3.87. The van der Waals surface area contributed by atoms with Gasteiger partial charge in [-0.2, -0.15) is 18.3 Å². The average molecular weight is 362 g/mol. The number of rotatable bonds is 5. The van der Waals surface area contributed by atoms with E-state index in [2.05, 4.69) is 5.10 Å². The van der Waals surface area contributed by atoms with E-state index in [4.69, 9.17) is 4.74 Å². The first-order valence-electron chi connectivity index (χ1n) is 8.05. The molecule has 0 fully saturated rings. The van der Waals surface area contributed by atoms with Crippen LogP contribution < -0.4 is 4.74 Å². The smallest absolute Gasteiger partial charge is 0.416 e. The molecule has 0 aliphatic heterocycles. The van der Waals surface area contributed by atoms with E-state index >= 15 is 0 Å². The number of halogens is 3. The number of benzene rings is 2. The van der Waals surface area contributed by atoms with Gasteiger partial charge in [0, 0.05) is 17.1 Å². The summed E-state index contributed by atoms with van der Waals surface area (Å²) in [4.78, 5) is 10.8. The summed E-state index contributed by atoms with van der Waals surface area (Å²) in [6.45, 7) is 3.47. The van der Waals surface area contributed by atoms with Gasteiger partial charge in [-0.1, -0.05) is 6.07 Å². The molecule has 0 saturated heterocycles. The van der Waals surface area contributed by atoms with Crippen LogP contribution >= 0.6 is 0 Å². The van der Waals surface area contributed by atoms with Crippen molar-refractivity contribution in [2.45, 2.75) is 32.7 Å². The largest absolute Gasteiger partial charge is 0.491 e. The second kappa shape index (κ2) is 6.82. The van der Waals surface area contributed by atoms with Crippen LogP contribution in [0.1, 0.15) is 35.3 Å². The van der Waals surface area contributed by atoms with Gasteiger partial charge >= 0.3 is 6.18 Å². The Morgan fingerprint density at radius 1 is 1.19 bits per heavy atom. The van der Waals surface area contributed by atoms with Crippen LogP contribution in [0, 0.1) is 0 Å². The summed E-state index contributed by atoms with van der Waals surface area (Å²) in [5, 5.41) is 4.98. The minimum Gasteiger partial charge on any atom is -0.491 e. The number of aldehydes is 1. The van der Waals surface area contributed by atoms with Gasteiger partial charge in [0.05, 0.1) is 23.7 Å². The molecular weight excluding hydrogens is 345 g/mol. The molecule has 0 radical (unpaired) electrons. The van der Waals surface area contributed by atoms with E-state index in [1.54, 1.807) is 38.2 Å². The minimum absolute atomic E-state index is 0.0398. The van der Waals surface area contributed by atoms with Crippen molar-refractivity contribution in [3.63, 3.8) is 0 Å². The Balaban J connectivity index is 1.97. The second-order valence-electron chi connectivity index (χ2n) is 6.25. The van der Waals surface area contributed by atoms with Crippen molar-refractivity contribution in [3.05, 3.63) is 59.3 Å². The number of hydrogen-bond acceptors (Lipinski definition) is 3. The van der Waals surface area contributed by atoms with Crippen molar-refractivity contribution < 1.29 is 22.7 Å². The average Bonchev–Trinajstić information content (AvgIpc) is 2.96. The zero-order valence-corrected chi connectivity index (χ0v) is 14.2. The lowest BCUT2D eigenvalue weighted by atomic mass is 10.1. The Hall–Kier alpha value is -2.83. The van der Waals surface area contributed by atoms with E-state index in [1.165, 1.54) is 16.8 Å². The molecule has 0 bridgehead atoms. The first-order valence-corrected chi connectivity index (χ1v) is 8.05. The van der Waals surface area contributed by atoms with Crippen molar-refractivity contribution in [2.75, 3.05) is 0 Å². The summed E-state index contributed by atoms with van der Waals surface area (Å²) < 4.78 is 47.2. The quantitative estimate of drug-likeness (QED) is 0.618. The normalized spacial score (nSPS) is 11.9. The fraction of sp³-hybridized carbons (Fsp3) is 0.263. The lowest BCUT2D eigenvalue weighted by Crippen LogP contribution is -2.13. The van der Waals surface area contributed by atoms with Crippen LogP contribution in [0.2, 0.25) is 0 Å². The first kappa shape index (κ1) is 18.0. The van der Waals surface area contributed by atoms with Crippen LogP contribution in [0.3, 0.4) is 0 Å². The minimum atomic E-state index is -4.50. The number of nitrogens with zero attached hydrogens (tertiary/aromatic N) is 2. The van der Waals surface area contributed by atoms with Gasteiger partial charge in [-0.3, -0.25) is 9.48 Å². The highest BCUT2D eigenvalue weighted by Crippen LogP contribution is 2.35. The van der Waals surface area contributed by atoms with Gasteiger partial charge in [-0.05, 0) is 49.7 Å². The zero-order chi connectivity index (χ0) is 18.9. The molecule has 1 aromatic heterocycles. The Morgan fingerprint density at radius 3 is 2.62 bits per heavy atom. The Kier molecular flexibility index (Phi) is 4.71. The molecule has 7 heteroatoms. The molecule has 2 aromatic carbocycles. The van der Waals surface area contributed by atoms with Gasteiger partial charge in [0.15, 0.2) is 0 Å². The van der Waals surface area contributed by atoms with Gasteiger partial charge in [0.25, 0.3) is 0 Å². The second-order valence-corrected chi connectivity index (χ2v) is 6.25. The molecule has 3 rings (SSSR count). The summed E-state index contributed by atoms with van der Waals surface area (Å²) in [5.74, 6) is 0.178. The van der Waals surface area contributed by atoms with Crippen molar-refractivity contribution in [2.24, 2.45) is 0 Å². The van der Waals surface area contributed by atoms with Gasteiger partial charge in [0.2, 0.25) is 0 Å². The van der Waals surface area contributed by atoms with E-state index in [1.807, 2.05) is 0 Å². The SMILES string of the molecule is CC(C)Oc1ccc(Cn2cc3cc(C=O)ccc3n2)c(C(F)(F)F)c1. The van der Waals surface area contributed by atoms with E-state index in [0.29, 0.717) is 22.8 Å². The maximum atomic E-state index is 13.4. The summed E-state index contributed by atoms with van der Waals surface area (Å²) in [6.07, 6.45) is -2.37. The number of carbonyl (C=O) groups is 1. The number of alkyl halides is 3. The maximum Gasteiger partial charge on any atom is 0.416 e. The number of hydrogen-bond donors (Lipinski definition) is 0. The fourth-order valence-corrected chi connectivity index (χ4v) is 2.73. The van der Waals surface area contributed by atoms with Crippen LogP contribution in [0.25, 0.3) is 10.9 Å². The zero-order valence-electron chi connectivity index (χ0n) is 14.2. The van der Waals surface area contributed by atoms with Crippen molar-refractivity contribution in [3.8, 4) is 5.75 Å². The number of ether oxygens (including phenoxy) is 1. The standard InChI is InChI=1S/C19H17F3N2O2/c1-12(2)26-16-5-4-14(17(8-16)19(20,21)22)9-24-10-15-7-13(11-25)3-6-18(15)23-24/h3-8,10-12H,9H2,1-2H3. The maximum absolute atomic E-state index is 13.4. The summed E-state index contributed by atoms with van der Waals surface area (Å²) >= 11 is 0. The van der Waals surface area contributed by atoms with Gasteiger partial charge < -0.3 is 4.74 Å². The highest BCUT2D eigenvalue weighted by atomic mass is 19.4. The highest BCUT2D eigenvalue weighted by molar-refractivity contribution is 5.86. The molecule has 0 spiro atoms. The van der Waals surface area contributed by atoms with Crippen molar-refractivity contribution in [1.82, 2.24) is 9.78 Å². The fourth-order valence-electron chi connectivity index (χ4n) is 2.73. The number of aromatic nitrogens is 2. The molecular formula is C19H17F3N2O2. The Labute approximate surface area is 148 Å². The first-order chi connectivity index (χ1) is 12.3. The molecule has 0 amide bonds.